The van der Waals surface area contributed by atoms with Gasteiger partial charge in [0.2, 0.25) is 0 Å². The van der Waals surface area contributed by atoms with Crippen molar-refractivity contribution in [3.8, 4) is 5.75 Å². The van der Waals surface area contributed by atoms with Crippen molar-refractivity contribution in [1.29, 1.82) is 0 Å². The number of benzene rings is 2. The van der Waals surface area contributed by atoms with Crippen molar-refractivity contribution in [1.82, 2.24) is 0 Å². The molecule has 0 fully saturated rings. The highest BCUT2D eigenvalue weighted by molar-refractivity contribution is 9.10. The summed E-state index contributed by atoms with van der Waals surface area (Å²) in [6.07, 6.45) is -0.000899. The van der Waals surface area contributed by atoms with Crippen LogP contribution in [0.2, 0.25) is 5.02 Å². The normalized spacial score (nSPS) is 12.2. The maximum atomic E-state index is 10.2. The summed E-state index contributed by atoms with van der Waals surface area (Å²) in [5.74, 6) is 0.752. The highest BCUT2D eigenvalue weighted by atomic mass is 79.9. The largest absolute Gasteiger partial charge is 0.496 e. The highest BCUT2D eigenvalue weighted by Crippen LogP contribution is 2.29. The Balaban J connectivity index is 2.13. The minimum Gasteiger partial charge on any atom is -0.496 e. The van der Waals surface area contributed by atoms with Crippen molar-refractivity contribution < 1.29 is 9.84 Å². The third-order valence-electron chi connectivity index (χ3n) is 2.90. The third kappa shape index (κ3) is 3.72. The second-order valence-corrected chi connectivity index (χ2v) is 5.53. The first-order chi connectivity index (χ1) is 9.10. The summed E-state index contributed by atoms with van der Waals surface area (Å²) < 4.78 is 6.00. The third-order valence-corrected chi connectivity index (χ3v) is 3.77. The number of aliphatic hydroxyl groups excluding tert-OH is 1. The Morgan fingerprint density at radius 1 is 1.21 bits per heavy atom. The molecule has 0 saturated heterocycles. The van der Waals surface area contributed by atoms with Gasteiger partial charge in [-0.3, -0.25) is 0 Å². The van der Waals surface area contributed by atoms with Crippen LogP contribution in [-0.2, 0) is 6.42 Å². The van der Waals surface area contributed by atoms with Gasteiger partial charge in [-0.05, 0) is 51.3 Å². The summed E-state index contributed by atoms with van der Waals surface area (Å²) in [4.78, 5) is 0. The Hall–Kier alpha value is -1.03. The van der Waals surface area contributed by atoms with Gasteiger partial charge in [0.05, 0.1) is 17.7 Å². The van der Waals surface area contributed by atoms with E-state index >= 15 is 0 Å². The van der Waals surface area contributed by atoms with Gasteiger partial charge < -0.3 is 9.84 Å². The van der Waals surface area contributed by atoms with Crippen molar-refractivity contribution in [2.45, 2.75) is 12.5 Å². The molecule has 1 N–H and O–H groups in total. The summed E-state index contributed by atoms with van der Waals surface area (Å²) in [6, 6.07) is 13.1. The van der Waals surface area contributed by atoms with E-state index in [9.17, 15) is 5.11 Å². The molecule has 1 unspecified atom stereocenters. The van der Waals surface area contributed by atoms with Crippen molar-refractivity contribution in [3.63, 3.8) is 0 Å². The molecular weight excluding hydrogens is 328 g/mol. The standard InChI is InChI=1S/C15H14BrClO2/c1-19-15-7-4-11(9-13(15)16)14(18)8-10-2-5-12(17)6-3-10/h2-7,9,14,18H,8H2,1H3. The van der Waals surface area contributed by atoms with Crippen LogP contribution in [0.4, 0.5) is 0 Å². The summed E-state index contributed by atoms with van der Waals surface area (Å²) in [6.45, 7) is 0. The van der Waals surface area contributed by atoms with Crippen molar-refractivity contribution in [2.75, 3.05) is 7.11 Å². The van der Waals surface area contributed by atoms with Gasteiger partial charge in [-0.2, -0.15) is 0 Å². The molecule has 0 aliphatic heterocycles. The zero-order chi connectivity index (χ0) is 13.8. The van der Waals surface area contributed by atoms with Gasteiger partial charge in [0.1, 0.15) is 5.75 Å². The number of rotatable bonds is 4. The van der Waals surface area contributed by atoms with Crippen LogP contribution in [0, 0.1) is 0 Å². The number of halogens is 2. The number of ether oxygens (including phenoxy) is 1. The van der Waals surface area contributed by atoms with Crippen LogP contribution < -0.4 is 4.74 Å². The van der Waals surface area contributed by atoms with Gasteiger partial charge in [0, 0.05) is 11.4 Å². The smallest absolute Gasteiger partial charge is 0.133 e. The highest BCUT2D eigenvalue weighted by Gasteiger charge is 2.11. The molecule has 2 rings (SSSR count). The SMILES string of the molecule is COc1ccc(C(O)Cc2ccc(Cl)cc2)cc1Br. The first-order valence-corrected chi connectivity index (χ1v) is 7.03. The molecule has 0 bridgehead atoms. The predicted molar refractivity (Wildman–Crippen MR) is 80.8 cm³/mol. The first-order valence-electron chi connectivity index (χ1n) is 5.86. The number of hydrogen-bond acceptors (Lipinski definition) is 2. The van der Waals surface area contributed by atoms with E-state index < -0.39 is 6.10 Å². The molecule has 0 aromatic heterocycles. The van der Waals surface area contributed by atoms with Crippen LogP contribution >= 0.6 is 27.5 Å². The van der Waals surface area contributed by atoms with Gasteiger partial charge in [-0.15, -0.1) is 0 Å². The van der Waals surface area contributed by atoms with E-state index in [4.69, 9.17) is 16.3 Å². The average Bonchev–Trinajstić information content (AvgIpc) is 2.41. The van der Waals surface area contributed by atoms with Gasteiger partial charge in [0.25, 0.3) is 0 Å². The molecule has 0 amide bonds. The molecule has 0 heterocycles. The van der Waals surface area contributed by atoms with Crippen LogP contribution in [0.15, 0.2) is 46.9 Å². The number of hydrogen-bond donors (Lipinski definition) is 1. The van der Waals surface area contributed by atoms with E-state index in [1.54, 1.807) is 7.11 Å². The minimum absolute atomic E-state index is 0.552. The minimum atomic E-state index is -0.552. The molecule has 2 nitrogen and oxygen atoms in total. The summed E-state index contributed by atoms with van der Waals surface area (Å²) in [5, 5.41) is 10.9. The Labute approximate surface area is 126 Å². The summed E-state index contributed by atoms with van der Waals surface area (Å²) in [5.41, 5.74) is 1.89. The zero-order valence-corrected chi connectivity index (χ0v) is 12.8. The molecule has 0 saturated carbocycles. The van der Waals surface area contributed by atoms with E-state index in [0.717, 1.165) is 21.3 Å². The fourth-order valence-corrected chi connectivity index (χ4v) is 2.54. The van der Waals surface area contributed by atoms with Crippen LogP contribution in [0.25, 0.3) is 0 Å². The van der Waals surface area contributed by atoms with E-state index in [-0.39, 0.29) is 0 Å². The maximum Gasteiger partial charge on any atom is 0.133 e. The second-order valence-electron chi connectivity index (χ2n) is 4.24. The Kier molecular flexibility index (Phi) is 4.86. The predicted octanol–water partition coefficient (Wildman–Crippen LogP) is 4.39. The fourth-order valence-electron chi connectivity index (χ4n) is 1.85. The van der Waals surface area contributed by atoms with Crippen LogP contribution in [0.1, 0.15) is 17.2 Å². The topological polar surface area (TPSA) is 29.5 Å². The number of methoxy groups -OCH3 is 1. The second kappa shape index (κ2) is 6.42. The van der Waals surface area contributed by atoms with Crippen LogP contribution in [0.5, 0.6) is 5.75 Å². The fraction of sp³-hybridized carbons (Fsp3) is 0.200. The quantitative estimate of drug-likeness (QED) is 0.894. The molecule has 2 aromatic carbocycles. The van der Waals surface area contributed by atoms with E-state index in [2.05, 4.69) is 15.9 Å². The molecule has 2 aromatic rings. The Morgan fingerprint density at radius 2 is 1.89 bits per heavy atom. The van der Waals surface area contributed by atoms with Gasteiger partial charge in [-0.1, -0.05) is 29.8 Å². The van der Waals surface area contributed by atoms with Crippen LogP contribution in [-0.4, -0.2) is 12.2 Å². The molecule has 4 heteroatoms. The van der Waals surface area contributed by atoms with Gasteiger partial charge in [0.15, 0.2) is 0 Å². The monoisotopic (exact) mass is 340 g/mol. The molecule has 0 aliphatic rings. The zero-order valence-electron chi connectivity index (χ0n) is 10.4. The lowest BCUT2D eigenvalue weighted by atomic mass is 10.0. The lowest BCUT2D eigenvalue weighted by Crippen LogP contribution is -2.02. The molecule has 1 atom stereocenters. The maximum absolute atomic E-state index is 10.2. The lowest BCUT2D eigenvalue weighted by molar-refractivity contribution is 0.178. The molecular formula is C15H14BrClO2. The number of aliphatic hydroxyl groups is 1. The Morgan fingerprint density at radius 3 is 2.47 bits per heavy atom. The Bertz CT molecular complexity index is 555. The molecule has 0 radical (unpaired) electrons. The van der Waals surface area contributed by atoms with Gasteiger partial charge in [-0.25, -0.2) is 0 Å². The summed E-state index contributed by atoms with van der Waals surface area (Å²) in [7, 11) is 1.61. The van der Waals surface area contributed by atoms with Crippen molar-refractivity contribution in [2.24, 2.45) is 0 Å². The van der Waals surface area contributed by atoms with Crippen molar-refractivity contribution in [3.05, 3.63) is 63.1 Å². The summed E-state index contributed by atoms with van der Waals surface area (Å²) >= 11 is 9.25. The van der Waals surface area contributed by atoms with Gasteiger partial charge >= 0.3 is 0 Å². The van der Waals surface area contributed by atoms with E-state index in [1.807, 2.05) is 42.5 Å². The van der Waals surface area contributed by atoms with E-state index in [1.165, 1.54) is 0 Å². The van der Waals surface area contributed by atoms with Crippen molar-refractivity contribution >= 4 is 27.5 Å². The molecule has 0 aliphatic carbocycles. The average molecular weight is 342 g/mol. The van der Waals surface area contributed by atoms with Crippen LogP contribution in [0.3, 0.4) is 0 Å². The van der Waals surface area contributed by atoms with E-state index in [0.29, 0.717) is 11.4 Å². The first kappa shape index (κ1) is 14.4. The molecule has 0 spiro atoms. The lowest BCUT2D eigenvalue weighted by Gasteiger charge is -2.13. The molecule has 19 heavy (non-hydrogen) atoms. The molecule has 100 valence electrons.